The van der Waals surface area contributed by atoms with Crippen molar-refractivity contribution in [2.75, 3.05) is 0 Å². The molecule has 16 heavy (non-hydrogen) atoms. The Morgan fingerprint density at radius 3 is 2.12 bits per heavy atom. The Labute approximate surface area is 90.7 Å². The lowest BCUT2D eigenvalue weighted by molar-refractivity contribution is -0.439. The minimum Gasteiger partial charge on any atom is -0.259 e. The normalized spacial score (nSPS) is 19.8. The summed E-state index contributed by atoms with van der Waals surface area (Å²) in [4.78, 5) is 19.0. The molecular formula is C7H6N2O6S. The van der Waals surface area contributed by atoms with Crippen LogP contribution in [0.4, 0.5) is 0 Å². The molecule has 9 heteroatoms. The summed E-state index contributed by atoms with van der Waals surface area (Å²) in [6.45, 7) is 1.30. The van der Waals surface area contributed by atoms with E-state index >= 15 is 0 Å². The van der Waals surface area contributed by atoms with Crippen molar-refractivity contribution >= 4 is 15.2 Å². The molecule has 0 aromatic carbocycles. The first-order valence-corrected chi connectivity index (χ1v) is 5.10. The second-order valence-corrected chi connectivity index (χ2v) is 3.95. The highest BCUT2D eigenvalue weighted by Crippen LogP contribution is 2.22. The molecule has 8 nitrogen and oxygen atoms in total. The predicted molar refractivity (Wildman–Crippen MR) is 53.2 cm³/mol. The summed E-state index contributed by atoms with van der Waals surface area (Å²) in [5.74, 6) is -0.989. The molecule has 1 rings (SSSR count). The van der Waals surface area contributed by atoms with Gasteiger partial charge < -0.3 is 0 Å². The van der Waals surface area contributed by atoms with Crippen molar-refractivity contribution in [2.45, 2.75) is 6.92 Å². The lowest BCUT2D eigenvalue weighted by Gasteiger charge is -2.09. The van der Waals surface area contributed by atoms with Crippen molar-refractivity contribution in [3.63, 3.8) is 0 Å². The summed E-state index contributed by atoms with van der Waals surface area (Å²) in [6.07, 6.45) is 1.59. The van der Waals surface area contributed by atoms with E-state index in [1.165, 1.54) is 6.92 Å². The number of hydrogen-bond donors (Lipinski definition) is 0. The fourth-order valence-electron chi connectivity index (χ4n) is 1.24. The van der Waals surface area contributed by atoms with Crippen LogP contribution in [0.15, 0.2) is 23.5 Å². The van der Waals surface area contributed by atoms with Crippen LogP contribution in [0.2, 0.25) is 0 Å². The van der Waals surface area contributed by atoms with E-state index in [0.29, 0.717) is 0 Å². The third kappa shape index (κ3) is 2.14. The average Bonchev–Trinajstić information content (AvgIpc) is 2.16. The molecule has 0 saturated heterocycles. The molecule has 0 aliphatic heterocycles. The zero-order valence-corrected chi connectivity index (χ0v) is 8.80. The Kier molecular flexibility index (Phi) is 3.18. The number of nitrogens with zero attached hydrogens (tertiary/aromatic N) is 2. The largest absolute Gasteiger partial charge is 0.277 e. The summed E-state index contributed by atoms with van der Waals surface area (Å²) in [7, 11) is -2.72. The van der Waals surface area contributed by atoms with E-state index in [9.17, 15) is 28.6 Å². The van der Waals surface area contributed by atoms with Gasteiger partial charge in [0.2, 0.25) is 10.3 Å². The first-order valence-electron chi connectivity index (χ1n) is 4.02. The Morgan fingerprint density at radius 1 is 1.19 bits per heavy atom. The topological polar surface area (TPSA) is 120 Å². The number of allylic oxidation sites excluding steroid dienone is 3. The molecule has 0 spiro atoms. The third-order valence-corrected chi connectivity index (χ3v) is 2.93. The number of nitro groups is 2. The minimum atomic E-state index is -2.72. The van der Waals surface area contributed by atoms with E-state index in [1.54, 1.807) is 0 Å². The molecule has 0 N–H and O–H groups in total. The van der Waals surface area contributed by atoms with Gasteiger partial charge >= 0.3 is 0 Å². The molecule has 0 amide bonds. The molecule has 1 aliphatic rings. The lowest BCUT2D eigenvalue weighted by Crippen LogP contribution is -2.23. The highest BCUT2D eigenvalue weighted by Gasteiger charge is 2.33. The molecular weight excluding hydrogens is 240 g/mol. The average molecular weight is 246 g/mol. The monoisotopic (exact) mass is 246 g/mol. The van der Waals surface area contributed by atoms with Gasteiger partial charge in [-0.15, -0.1) is 0 Å². The standard InChI is InChI=1S/C7H6N2O6S/c1-4-6(9(12)13)2-5(8(10)11)3-7(4)16(14)15/h2-4H,1H3/t4-/m1/s1. The molecule has 1 atom stereocenters. The van der Waals surface area contributed by atoms with Crippen molar-refractivity contribution in [3.05, 3.63) is 43.8 Å². The maximum Gasteiger partial charge on any atom is 0.277 e. The van der Waals surface area contributed by atoms with Gasteiger partial charge in [0, 0.05) is 6.08 Å². The van der Waals surface area contributed by atoms with Crippen LogP contribution < -0.4 is 0 Å². The van der Waals surface area contributed by atoms with Crippen LogP contribution in [-0.4, -0.2) is 23.1 Å². The summed E-state index contributed by atoms with van der Waals surface area (Å²) < 4.78 is 21.5. The minimum absolute atomic E-state index is 0.360. The molecule has 0 aromatic rings. The van der Waals surface area contributed by atoms with Gasteiger partial charge in [0.05, 0.1) is 26.7 Å². The van der Waals surface area contributed by atoms with E-state index in [2.05, 4.69) is 0 Å². The fraction of sp³-hybridized carbons (Fsp3) is 0.286. The van der Waals surface area contributed by atoms with E-state index < -0.39 is 37.5 Å². The van der Waals surface area contributed by atoms with Crippen LogP contribution in [0.3, 0.4) is 0 Å². The molecule has 86 valence electrons. The first-order chi connectivity index (χ1) is 7.34. The van der Waals surface area contributed by atoms with Crippen molar-refractivity contribution in [1.82, 2.24) is 0 Å². The van der Waals surface area contributed by atoms with E-state index in [1.807, 2.05) is 0 Å². The van der Waals surface area contributed by atoms with Gasteiger partial charge in [-0.3, -0.25) is 20.2 Å². The summed E-state index contributed by atoms with van der Waals surface area (Å²) in [5, 5.41) is 21.0. The van der Waals surface area contributed by atoms with E-state index in [-0.39, 0.29) is 4.86 Å². The van der Waals surface area contributed by atoms with Gasteiger partial charge in [-0.1, -0.05) is 0 Å². The Hall–Kier alpha value is -2.03. The van der Waals surface area contributed by atoms with Crippen molar-refractivity contribution in [1.29, 1.82) is 0 Å². The summed E-state index contributed by atoms with van der Waals surface area (Å²) in [5.41, 5.74) is -1.11. The predicted octanol–water partition coefficient (Wildman–Crippen LogP) is 0.00880. The first kappa shape index (κ1) is 12.0. The Bertz CT molecular complexity index is 547. The number of rotatable bonds is 2. The SMILES string of the molecule is C[C@@H]1C([N+](=O)[O-])=CC([N+](=O)[O-])=CC1=S(=O)=O. The lowest BCUT2D eigenvalue weighted by atomic mass is 9.97. The summed E-state index contributed by atoms with van der Waals surface area (Å²) >= 11 is 0. The van der Waals surface area contributed by atoms with Gasteiger partial charge in [0.25, 0.3) is 11.4 Å². The second kappa shape index (κ2) is 4.23. The molecule has 1 aliphatic carbocycles. The van der Waals surface area contributed by atoms with Gasteiger partial charge in [0.15, 0.2) is 0 Å². The van der Waals surface area contributed by atoms with Crippen LogP contribution >= 0.6 is 0 Å². The smallest absolute Gasteiger partial charge is 0.259 e. The molecule has 0 aromatic heterocycles. The highest BCUT2D eigenvalue weighted by atomic mass is 32.2. The van der Waals surface area contributed by atoms with Crippen LogP contribution in [0.25, 0.3) is 0 Å². The van der Waals surface area contributed by atoms with E-state index in [0.717, 1.165) is 12.2 Å². The molecule has 0 bridgehead atoms. The molecule has 0 radical (unpaired) electrons. The van der Waals surface area contributed by atoms with Gasteiger partial charge in [-0.25, -0.2) is 0 Å². The van der Waals surface area contributed by atoms with Gasteiger partial charge in [0.1, 0.15) is 0 Å². The van der Waals surface area contributed by atoms with Crippen LogP contribution in [0.1, 0.15) is 6.92 Å². The zero-order valence-electron chi connectivity index (χ0n) is 7.98. The Morgan fingerprint density at radius 2 is 1.75 bits per heavy atom. The van der Waals surface area contributed by atoms with Crippen LogP contribution in [-0.2, 0) is 10.3 Å². The van der Waals surface area contributed by atoms with Gasteiger partial charge in [-0.05, 0) is 6.92 Å². The second-order valence-electron chi connectivity index (χ2n) is 3.01. The van der Waals surface area contributed by atoms with Crippen molar-refractivity contribution in [2.24, 2.45) is 5.92 Å². The van der Waals surface area contributed by atoms with Crippen molar-refractivity contribution < 1.29 is 18.3 Å². The van der Waals surface area contributed by atoms with Crippen molar-refractivity contribution in [3.8, 4) is 0 Å². The third-order valence-electron chi connectivity index (χ3n) is 2.07. The maximum atomic E-state index is 10.7. The van der Waals surface area contributed by atoms with Crippen LogP contribution in [0, 0.1) is 26.1 Å². The fourth-order valence-corrected chi connectivity index (χ4v) is 1.87. The Balaban J connectivity index is 3.47. The maximum absolute atomic E-state index is 10.7. The molecule has 0 heterocycles. The summed E-state index contributed by atoms with van der Waals surface area (Å²) in [6, 6.07) is 0. The quantitative estimate of drug-likeness (QED) is 0.384. The zero-order chi connectivity index (χ0) is 12.5. The molecule has 0 saturated carbocycles. The van der Waals surface area contributed by atoms with Gasteiger partial charge in [-0.2, -0.15) is 8.42 Å². The number of hydrogen-bond acceptors (Lipinski definition) is 6. The molecule has 0 fully saturated rings. The van der Waals surface area contributed by atoms with E-state index in [4.69, 9.17) is 0 Å². The molecule has 0 unspecified atom stereocenters. The van der Waals surface area contributed by atoms with Crippen LogP contribution in [0.5, 0.6) is 0 Å². The highest BCUT2D eigenvalue weighted by molar-refractivity contribution is 7.73.